The third kappa shape index (κ3) is 10.8. The fourth-order valence-electron chi connectivity index (χ4n) is 7.84. The van der Waals surface area contributed by atoms with Crippen LogP contribution in [0.1, 0.15) is 23.1 Å². The molecule has 0 fully saturated rings. The van der Waals surface area contributed by atoms with E-state index in [0.29, 0.717) is 34.3 Å². The number of imidazole rings is 1. The van der Waals surface area contributed by atoms with Crippen LogP contribution in [0, 0.1) is 25.2 Å². The summed E-state index contributed by atoms with van der Waals surface area (Å²) in [5.74, 6) is -0.970. The number of aromatic nitrogens is 3. The van der Waals surface area contributed by atoms with E-state index in [1.54, 1.807) is 50.2 Å². The maximum absolute atomic E-state index is 12.7. The first-order chi connectivity index (χ1) is 35.4. The van der Waals surface area contributed by atoms with Gasteiger partial charge in [-0.15, -0.1) is 30.7 Å². The topological polar surface area (TPSA) is 375 Å². The first-order valence-electron chi connectivity index (χ1n) is 21.4. The van der Waals surface area contributed by atoms with E-state index in [0.717, 1.165) is 34.2 Å². The second-order valence-electron chi connectivity index (χ2n) is 16.3. The zero-order valence-corrected chi connectivity index (χ0v) is 42.4. The highest BCUT2D eigenvalue weighted by Gasteiger charge is 2.27. The highest BCUT2D eigenvalue weighted by atomic mass is 32.2. The molecular weight excluding hydrogens is 1080 g/mol. The number of rotatable bonds is 15. The van der Waals surface area contributed by atoms with Crippen LogP contribution in [-0.2, 0) is 40.5 Å². The first-order valence-corrected chi connectivity index (χ1v) is 28.2. The number of ether oxygens (including phenoxy) is 1. The Morgan fingerprint density at radius 3 is 2.08 bits per heavy atom. The monoisotopic (exact) mass is 1110 g/mol. The molecule has 5 N–H and O–H groups in total. The molecule has 0 radical (unpaired) electrons. The third-order valence-corrected chi connectivity index (χ3v) is 15.6. The molecule has 75 heavy (non-hydrogen) atoms. The number of thiazole rings is 1. The standard InChI is InChI=1S/C46H34N10O14S5/c1-24-16-36(52-53-41-25(2)33(23-47)43-48-34-10-5-6-11-37(34)56(43)45(41)57)38(70-14-7-15-72(58,59)60)22-35(24)51-55-46-49-42(28-13-12-26-8-3-4-9-27(26)17-28)44(71-46)54-50-29-18-31-32(39(19-29)74(64,65)66)20-30(73(61,62)63)21-40(31)75(67,68)69/h3-6,8-13,16-22,57H,7,14-15H2,1-2H3,(H,58,59,60)(H,61,62,63)(H,64,65,66)(H,67,68,69)/b53-52?,54-50+,55-51?. The van der Waals surface area contributed by atoms with Gasteiger partial charge in [-0.05, 0) is 85.1 Å². The number of para-hydroxylation sites is 2. The van der Waals surface area contributed by atoms with Crippen LogP contribution in [0.5, 0.6) is 11.6 Å². The van der Waals surface area contributed by atoms with E-state index in [-0.39, 0.29) is 74.3 Å². The quantitative estimate of drug-likeness (QED) is 0.0362. The van der Waals surface area contributed by atoms with Gasteiger partial charge in [-0.1, -0.05) is 59.9 Å². The van der Waals surface area contributed by atoms with Crippen molar-refractivity contribution < 1.29 is 61.7 Å². The molecule has 24 nitrogen and oxygen atoms in total. The van der Waals surface area contributed by atoms with Crippen molar-refractivity contribution in [2.24, 2.45) is 30.7 Å². The molecule has 0 spiro atoms. The zero-order valence-electron chi connectivity index (χ0n) is 38.4. The van der Waals surface area contributed by atoms with Crippen molar-refractivity contribution in [3.63, 3.8) is 0 Å². The summed E-state index contributed by atoms with van der Waals surface area (Å²) in [7, 11) is -20.1. The maximum atomic E-state index is 12.7. The Morgan fingerprint density at radius 1 is 0.693 bits per heavy atom. The average molecular weight is 1110 g/mol. The minimum absolute atomic E-state index is 0.0111. The van der Waals surface area contributed by atoms with Crippen molar-refractivity contribution in [1.82, 2.24) is 14.4 Å². The van der Waals surface area contributed by atoms with Crippen molar-refractivity contribution in [2.45, 2.75) is 35.0 Å². The number of aromatic hydroxyl groups is 1. The lowest BCUT2D eigenvalue weighted by Gasteiger charge is -2.11. The highest BCUT2D eigenvalue weighted by Crippen LogP contribution is 2.45. The van der Waals surface area contributed by atoms with Crippen molar-refractivity contribution in [3.8, 4) is 29.0 Å². The van der Waals surface area contributed by atoms with Crippen molar-refractivity contribution >= 4 is 123 Å². The summed E-state index contributed by atoms with van der Waals surface area (Å²) in [6.45, 7) is 2.99. The molecule has 9 aromatic rings. The molecule has 3 aromatic heterocycles. The van der Waals surface area contributed by atoms with Gasteiger partial charge in [-0.2, -0.15) is 38.9 Å². The highest BCUT2D eigenvalue weighted by molar-refractivity contribution is 7.87. The normalized spacial score (nSPS) is 12.9. The molecule has 0 saturated heterocycles. The Hall–Kier alpha value is -8.05. The molecule has 0 bridgehead atoms. The van der Waals surface area contributed by atoms with Crippen LogP contribution in [0.15, 0.2) is 149 Å². The van der Waals surface area contributed by atoms with Gasteiger partial charge in [0.25, 0.3) is 40.5 Å². The molecule has 0 atom stereocenters. The fourth-order valence-corrected chi connectivity index (χ4v) is 11.1. The van der Waals surface area contributed by atoms with Crippen LogP contribution in [-0.4, -0.2) is 83.7 Å². The van der Waals surface area contributed by atoms with Crippen molar-refractivity contribution in [1.29, 1.82) is 5.26 Å². The molecule has 0 saturated carbocycles. The maximum Gasteiger partial charge on any atom is 0.295 e. The van der Waals surface area contributed by atoms with Crippen molar-refractivity contribution in [3.05, 3.63) is 120 Å². The predicted molar refractivity (Wildman–Crippen MR) is 272 cm³/mol. The van der Waals surface area contributed by atoms with Crippen LogP contribution in [0.3, 0.4) is 0 Å². The lowest BCUT2D eigenvalue weighted by Crippen LogP contribution is -2.08. The van der Waals surface area contributed by atoms with E-state index >= 15 is 0 Å². The number of pyridine rings is 1. The molecule has 0 unspecified atom stereocenters. The molecule has 382 valence electrons. The van der Waals surface area contributed by atoms with Gasteiger partial charge in [0, 0.05) is 28.0 Å². The summed E-state index contributed by atoms with van der Waals surface area (Å²) in [4.78, 5) is 5.88. The Kier molecular flexibility index (Phi) is 13.6. The van der Waals surface area contributed by atoms with Crippen LogP contribution in [0.25, 0.3) is 49.5 Å². The number of azo groups is 3. The summed E-state index contributed by atoms with van der Waals surface area (Å²) < 4.78 is 144. The fraction of sp³-hybridized carbons (Fsp3) is 0.109. The van der Waals surface area contributed by atoms with Gasteiger partial charge in [0.15, 0.2) is 16.3 Å². The molecule has 0 aliphatic heterocycles. The summed E-state index contributed by atoms with van der Waals surface area (Å²) in [5.41, 5.74) is 2.55. The Labute approximate surface area is 428 Å². The van der Waals surface area contributed by atoms with Crippen LogP contribution in [0.4, 0.5) is 32.9 Å². The van der Waals surface area contributed by atoms with E-state index in [9.17, 15) is 62.3 Å². The van der Waals surface area contributed by atoms with E-state index in [1.807, 2.05) is 30.3 Å². The number of benzene rings is 6. The van der Waals surface area contributed by atoms with E-state index < -0.39 is 77.4 Å². The average Bonchev–Trinajstić information content (AvgIpc) is 3.94. The van der Waals surface area contributed by atoms with Gasteiger partial charge in [-0.25, -0.2) is 9.97 Å². The molecule has 29 heteroatoms. The number of hydrogen-bond donors (Lipinski definition) is 5. The van der Waals surface area contributed by atoms with Gasteiger partial charge >= 0.3 is 0 Å². The van der Waals surface area contributed by atoms with E-state index in [4.69, 9.17) is 4.74 Å². The summed E-state index contributed by atoms with van der Waals surface area (Å²) in [6.07, 6.45) is -0.142. The summed E-state index contributed by atoms with van der Waals surface area (Å²) in [6, 6.07) is 27.4. The number of hydrogen-bond acceptors (Lipinski definition) is 20. The number of nitriles is 1. The summed E-state index contributed by atoms with van der Waals surface area (Å²) >= 11 is 0.841. The number of fused-ring (bicyclic) bond motifs is 5. The lowest BCUT2D eigenvalue weighted by molar-refractivity contribution is 0.317. The number of aryl methyl sites for hydroxylation is 1. The molecule has 0 amide bonds. The molecule has 9 rings (SSSR count). The predicted octanol–water partition coefficient (Wildman–Crippen LogP) is 10.8. The van der Waals surface area contributed by atoms with Gasteiger partial charge in [0.1, 0.15) is 38.6 Å². The van der Waals surface area contributed by atoms with Crippen LogP contribution < -0.4 is 4.74 Å². The SMILES string of the molecule is Cc1cc(N=Nc2c(C)c(C#N)c3nc4ccccc4n3c2O)c(OCCCS(=O)(=O)O)cc1N=Nc1nc(-c2ccc3ccccc3c2)c(/N=N/c2cc(S(=O)(=O)O)c3cc(S(=O)(=O)O)cc(S(=O)(=O)O)c3c2)s1. The van der Waals surface area contributed by atoms with E-state index in [1.165, 1.54) is 16.5 Å². The summed E-state index contributed by atoms with van der Waals surface area (Å²) in [5, 5.41) is 47.9. The molecule has 3 heterocycles. The zero-order chi connectivity index (χ0) is 53.8. The minimum Gasteiger partial charge on any atom is -0.493 e. The second kappa shape index (κ2) is 19.7. The first kappa shape index (κ1) is 51.8. The molecule has 0 aliphatic carbocycles. The van der Waals surface area contributed by atoms with Gasteiger partial charge in [-0.3, -0.25) is 22.6 Å². The Morgan fingerprint density at radius 2 is 1.37 bits per heavy atom. The Bertz CT molecular complexity index is 4500. The van der Waals surface area contributed by atoms with Crippen molar-refractivity contribution in [2.75, 3.05) is 12.4 Å². The second-order valence-corrected chi connectivity index (χ2v) is 23.1. The van der Waals surface area contributed by atoms with Gasteiger partial charge in [0.05, 0.1) is 39.7 Å². The molecular formula is C46H34N10O14S5. The largest absolute Gasteiger partial charge is 0.493 e. The van der Waals surface area contributed by atoms with E-state index in [2.05, 4.69) is 46.7 Å². The number of nitrogens with zero attached hydrogens (tertiary/aromatic N) is 10. The van der Waals surface area contributed by atoms with Crippen LogP contribution >= 0.6 is 11.3 Å². The van der Waals surface area contributed by atoms with Crippen LogP contribution in [0.2, 0.25) is 0 Å². The molecule has 0 aliphatic rings. The molecule has 6 aromatic carbocycles. The third-order valence-electron chi connectivity index (χ3n) is 11.3. The Balaban J connectivity index is 1.13. The lowest BCUT2D eigenvalue weighted by atomic mass is 10.1. The van der Waals surface area contributed by atoms with Gasteiger partial charge < -0.3 is 9.84 Å². The van der Waals surface area contributed by atoms with Gasteiger partial charge in [0.2, 0.25) is 11.0 Å². The smallest absolute Gasteiger partial charge is 0.295 e. The minimum atomic E-state index is -5.32.